The first-order chi connectivity index (χ1) is 17.2. The van der Waals surface area contributed by atoms with Crippen LogP contribution in [0.25, 0.3) is 0 Å². The Morgan fingerprint density at radius 1 is 1.00 bits per heavy atom. The van der Waals surface area contributed by atoms with Gasteiger partial charge < -0.3 is 10.6 Å². The van der Waals surface area contributed by atoms with Crippen LogP contribution in [0.1, 0.15) is 35.2 Å². The van der Waals surface area contributed by atoms with Gasteiger partial charge in [0.2, 0.25) is 11.9 Å². The van der Waals surface area contributed by atoms with Gasteiger partial charge in [0.1, 0.15) is 0 Å². The molecule has 7 nitrogen and oxygen atoms in total. The summed E-state index contributed by atoms with van der Waals surface area (Å²) < 4.78 is 38.8. The minimum absolute atomic E-state index is 0.0826. The van der Waals surface area contributed by atoms with E-state index < -0.39 is 17.6 Å². The summed E-state index contributed by atoms with van der Waals surface area (Å²) in [6, 6.07) is 10.5. The zero-order valence-corrected chi connectivity index (χ0v) is 20.2. The highest BCUT2D eigenvalue weighted by atomic mass is 35.5. The van der Waals surface area contributed by atoms with Crippen LogP contribution in [0, 0.1) is 0 Å². The first-order valence-electron chi connectivity index (χ1n) is 11.0. The second-order valence-electron chi connectivity index (χ2n) is 8.14. The Bertz CT molecular complexity index is 1240. The van der Waals surface area contributed by atoms with E-state index in [2.05, 4.69) is 30.9 Å². The minimum Gasteiger partial charge on any atom is -0.351 e. The number of hydrogen-bond donors (Lipinski definition) is 3. The van der Waals surface area contributed by atoms with Crippen molar-refractivity contribution in [3.63, 3.8) is 0 Å². The molecule has 3 N–H and O–H groups in total. The summed E-state index contributed by atoms with van der Waals surface area (Å²) in [6.07, 6.45) is 1.02. The number of alkyl halides is 3. The Labute approximate surface area is 215 Å². The number of hydrogen-bond acceptors (Lipinski definition) is 5. The second kappa shape index (κ2) is 11.1. The van der Waals surface area contributed by atoms with Crippen LogP contribution in [-0.2, 0) is 6.18 Å². The maximum Gasteiger partial charge on any atom is 0.416 e. The van der Waals surface area contributed by atoms with Crippen molar-refractivity contribution < 1.29 is 18.0 Å². The quantitative estimate of drug-likeness (QED) is 0.273. The Kier molecular flexibility index (Phi) is 7.95. The summed E-state index contributed by atoms with van der Waals surface area (Å²) in [5.74, 6) is 0.118. The van der Waals surface area contributed by atoms with E-state index >= 15 is 0 Å². The summed E-state index contributed by atoms with van der Waals surface area (Å²) in [6.45, 7) is 0. The van der Waals surface area contributed by atoms with Crippen molar-refractivity contribution in [3.8, 4) is 0 Å². The smallest absolute Gasteiger partial charge is 0.351 e. The molecule has 1 heterocycles. The second-order valence-corrected chi connectivity index (χ2v) is 8.96. The average Bonchev–Trinajstić information content (AvgIpc) is 3.27. The monoisotopic (exact) mass is 536 g/mol. The molecule has 1 saturated carbocycles. The van der Waals surface area contributed by atoms with E-state index in [0.717, 1.165) is 25.0 Å². The van der Waals surface area contributed by atoms with Crippen LogP contribution in [-0.4, -0.2) is 33.9 Å². The van der Waals surface area contributed by atoms with E-state index in [0.29, 0.717) is 23.1 Å². The zero-order valence-electron chi connectivity index (χ0n) is 18.7. The van der Waals surface area contributed by atoms with Gasteiger partial charge in [0, 0.05) is 29.7 Å². The predicted molar refractivity (Wildman–Crippen MR) is 134 cm³/mol. The fourth-order valence-electron chi connectivity index (χ4n) is 3.74. The Balaban J connectivity index is 1.51. The normalized spacial score (nSPS) is 18.1. The first-order valence-corrected chi connectivity index (χ1v) is 11.7. The standard InChI is InChI=1S/C24H21Cl2F3N6O/c25-19-9-2-14(12-20(19)26)21(36)35-23(32-16-5-3-15(4-6-16)24(27,28)29)34-18-8-7-17(13-18)33-22-30-10-1-11-31-22/h1-6,9-12,17-18H,7-8,13H2,(H,30,31,33)(H2,32,34,35,36). The molecule has 1 aliphatic carbocycles. The molecule has 1 aromatic heterocycles. The SMILES string of the molecule is O=C(NC(=NC1CCC(Nc2ncccn2)C1)Nc1ccc(C(F)(F)F)cc1)c1ccc(Cl)c(Cl)c1. The van der Waals surface area contributed by atoms with Crippen molar-refractivity contribution in [2.75, 3.05) is 10.6 Å². The first kappa shape index (κ1) is 25.7. The number of nitrogens with one attached hydrogen (secondary N) is 3. The van der Waals surface area contributed by atoms with Crippen molar-refractivity contribution in [1.29, 1.82) is 0 Å². The van der Waals surface area contributed by atoms with Gasteiger partial charge in [0.25, 0.3) is 5.91 Å². The molecular weight excluding hydrogens is 516 g/mol. The molecule has 1 amide bonds. The number of benzene rings is 2. The van der Waals surface area contributed by atoms with E-state index in [1.54, 1.807) is 18.5 Å². The lowest BCUT2D eigenvalue weighted by molar-refractivity contribution is -0.137. The molecule has 1 aliphatic rings. The molecule has 4 rings (SSSR count). The summed E-state index contributed by atoms with van der Waals surface area (Å²) in [5, 5.41) is 9.39. The van der Waals surface area contributed by atoms with Crippen LogP contribution >= 0.6 is 23.2 Å². The molecule has 2 aromatic carbocycles. The lowest BCUT2D eigenvalue weighted by Gasteiger charge is -2.16. The van der Waals surface area contributed by atoms with Gasteiger partial charge in [-0.25, -0.2) is 15.0 Å². The molecule has 0 spiro atoms. The minimum atomic E-state index is -4.45. The van der Waals surface area contributed by atoms with Gasteiger partial charge in [-0.15, -0.1) is 0 Å². The van der Waals surface area contributed by atoms with Crippen molar-refractivity contribution in [3.05, 3.63) is 82.1 Å². The molecule has 3 aromatic rings. The number of amides is 1. The fraction of sp³-hybridized carbons (Fsp3) is 0.250. The molecular formula is C24H21Cl2F3N6O. The maximum absolute atomic E-state index is 12.9. The van der Waals surface area contributed by atoms with Gasteiger partial charge >= 0.3 is 6.18 Å². The van der Waals surface area contributed by atoms with Crippen molar-refractivity contribution in [2.24, 2.45) is 4.99 Å². The van der Waals surface area contributed by atoms with Crippen LogP contribution in [0.15, 0.2) is 65.9 Å². The molecule has 2 atom stereocenters. The number of aromatic nitrogens is 2. The van der Waals surface area contributed by atoms with Gasteiger partial charge in [-0.2, -0.15) is 13.2 Å². The average molecular weight is 537 g/mol. The molecule has 0 radical (unpaired) electrons. The van der Waals surface area contributed by atoms with Crippen LogP contribution in [0.3, 0.4) is 0 Å². The largest absolute Gasteiger partial charge is 0.416 e. The van der Waals surface area contributed by atoms with E-state index in [1.807, 2.05) is 0 Å². The van der Waals surface area contributed by atoms with Gasteiger partial charge in [-0.3, -0.25) is 10.1 Å². The highest BCUT2D eigenvalue weighted by Gasteiger charge is 2.30. The molecule has 0 aliphatic heterocycles. The number of carbonyl (C=O) groups excluding carboxylic acids is 1. The van der Waals surface area contributed by atoms with Crippen LogP contribution in [0.5, 0.6) is 0 Å². The summed E-state index contributed by atoms with van der Waals surface area (Å²) in [4.78, 5) is 25.8. The van der Waals surface area contributed by atoms with E-state index in [1.165, 1.54) is 30.3 Å². The van der Waals surface area contributed by atoms with Gasteiger partial charge in [0.15, 0.2) is 0 Å². The summed E-state index contributed by atoms with van der Waals surface area (Å²) >= 11 is 12.0. The number of halogens is 5. The number of rotatable bonds is 5. The van der Waals surface area contributed by atoms with E-state index in [4.69, 9.17) is 23.2 Å². The van der Waals surface area contributed by atoms with Crippen LogP contribution in [0.4, 0.5) is 24.8 Å². The summed E-state index contributed by atoms with van der Waals surface area (Å²) in [5.41, 5.74) is -0.195. The third kappa shape index (κ3) is 6.86. The molecule has 12 heteroatoms. The van der Waals surface area contributed by atoms with E-state index in [-0.39, 0.29) is 28.6 Å². The van der Waals surface area contributed by atoms with Gasteiger partial charge in [0.05, 0.1) is 21.7 Å². The molecule has 1 fully saturated rings. The topological polar surface area (TPSA) is 91.3 Å². The lowest BCUT2D eigenvalue weighted by atomic mass is 10.2. The summed E-state index contributed by atoms with van der Waals surface area (Å²) in [7, 11) is 0. The number of guanidine groups is 1. The van der Waals surface area contributed by atoms with Crippen molar-refractivity contribution in [1.82, 2.24) is 15.3 Å². The fourth-order valence-corrected chi connectivity index (χ4v) is 4.04. The zero-order chi connectivity index (χ0) is 25.7. The number of anilines is 2. The highest BCUT2D eigenvalue weighted by molar-refractivity contribution is 6.42. The third-order valence-corrected chi connectivity index (χ3v) is 6.24. The number of carbonyl (C=O) groups is 1. The van der Waals surface area contributed by atoms with Crippen molar-refractivity contribution >= 4 is 46.7 Å². The Morgan fingerprint density at radius 3 is 2.39 bits per heavy atom. The molecule has 0 bridgehead atoms. The van der Waals surface area contributed by atoms with Gasteiger partial charge in [-0.1, -0.05) is 23.2 Å². The molecule has 0 saturated heterocycles. The molecule has 188 valence electrons. The van der Waals surface area contributed by atoms with Crippen molar-refractivity contribution in [2.45, 2.75) is 37.5 Å². The molecule has 36 heavy (non-hydrogen) atoms. The van der Waals surface area contributed by atoms with Crippen LogP contribution < -0.4 is 16.0 Å². The Morgan fingerprint density at radius 2 is 1.72 bits per heavy atom. The highest BCUT2D eigenvalue weighted by Crippen LogP contribution is 2.30. The lowest BCUT2D eigenvalue weighted by Crippen LogP contribution is -2.37. The maximum atomic E-state index is 12.9. The Hall–Kier alpha value is -3.37. The predicted octanol–water partition coefficient (Wildman–Crippen LogP) is 6.03. The molecule has 2 unspecified atom stereocenters. The van der Waals surface area contributed by atoms with Crippen LogP contribution in [0.2, 0.25) is 10.0 Å². The third-order valence-electron chi connectivity index (χ3n) is 5.50. The van der Waals surface area contributed by atoms with E-state index in [9.17, 15) is 18.0 Å². The number of nitrogens with zero attached hydrogens (tertiary/aromatic N) is 3. The number of aliphatic imine (C=N–C) groups is 1. The van der Waals surface area contributed by atoms with Gasteiger partial charge in [-0.05, 0) is 67.8 Å².